The zero-order chi connectivity index (χ0) is 32.5. The van der Waals surface area contributed by atoms with Crippen molar-refractivity contribution in [2.45, 2.75) is 80.4 Å². The monoisotopic (exact) mass is 631 g/mol. The molecule has 0 aliphatic carbocycles. The highest BCUT2D eigenvalue weighted by atomic mass is 33.1. The molecule has 2 N–H and O–H groups in total. The van der Waals surface area contributed by atoms with Crippen molar-refractivity contribution in [2.75, 3.05) is 18.6 Å². The van der Waals surface area contributed by atoms with Gasteiger partial charge in [-0.25, -0.2) is 4.79 Å². The first-order valence-electron chi connectivity index (χ1n) is 15.2. The number of carbonyl (C=O) groups is 3. The van der Waals surface area contributed by atoms with Crippen LogP contribution < -0.4 is 5.32 Å². The SMILES string of the molecule is CSSCCNC(=O)/C=C(\C)C[C@H](C)[C@@H](O)[C@H](C)C(=O)[C@H](C)/C=C(C)/C=C/C[C@@H](C)/C=C(C)\C=C\[C@@H]1OC(=O)C=C[C@@H]1C. The summed E-state index contributed by atoms with van der Waals surface area (Å²) in [5.41, 5.74) is 3.00. The lowest BCUT2D eigenvalue weighted by Gasteiger charge is -2.25. The van der Waals surface area contributed by atoms with Crippen molar-refractivity contribution in [3.05, 3.63) is 71.4 Å². The van der Waals surface area contributed by atoms with Crippen LogP contribution in [0.4, 0.5) is 0 Å². The number of nitrogens with one attached hydrogen (secondary N) is 1. The van der Waals surface area contributed by atoms with Gasteiger partial charge in [0.15, 0.2) is 0 Å². The van der Waals surface area contributed by atoms with Gasteiger partial charge in [-0.1, -0.05) is 109 Å². The van der Waals surface area contributed by atoms with E-state index in [1.807, 2.05) is 78.2 Å². The number of amides is 1. The van der Waals surface area contributed by atoms with E-state index in [4.69, 9.17) is 4.74 Å². The maximum absolute atomic E-state index is 13.1. The fourth-order valence-electron chi connectivity index (χ4n) is 4.99. The number of aliphatic hydroxyl groups is 1. The van der Waals surface area contributed by atoms with Crippen LogP contribution in [0.25, 0.3) is 0 Å². The van der Waals surface area contributed by atoms with Gasteiger partial charge in [0, 0.05) is 42.2 Å². The zero-order valence-corrected chi connectivity index (χ0v) is 29.1. The van der Waals surface area contributed by atoms with Crippen LogP contribution in [0, 0.1) is 29.6 Å². The fourth-order valence-corrected chi connectivity index (χ4v) is 6.09. The summed E-state index contributed by atoms with van der Waals surface area (Å²) in [4.78, 5) is 36.7. The van der Waals surface area contributed by atoms with Crippen LogP contribution in [0.2, 0.25) is 0 Å². The van der Waals surface area contributed by atoms with Crippen molar-refractivity contribution in [1.82, 2.24) is 5.32 Å². The number of aliphatic hydroxyl groups excluding tert-OH is 1. The van der Waals surface area contributed by atoms with Crippen LogP contribution in [-0.2, 0) is 19.1 Å². The second kappa shape index (κ2) is 20.6. The molecule has 6 nitrogen and oxygen atoms in total. The Kier molecular flexibility index (Phi) is 18.6. The number of Topliss-reactive ketones (excluding diaryl/α,β-unsaturated/α-hetero) is 1. The van der Waals surface area contributed by atoms with Crippen molar-refractivity contribution < 1.29 is 24.2 Å². The molecule has 240 valence electrons. The summed E-state index contributed by atoms with van der Waals surface area (Å²) < 4.78 is 5.37. The molecule has 0 aromatic carbocycles. The lowest BCUT2D eigenvalue weighted by atomic mass is 9.83. The molecule has 0 spiro atoms. The van der Waals surface area contributed by atoms with Gasteiger partial charge >= 0.3 is 5.97 Å². The Bertz CT molecular complexity index is 1100. The number of ether oxygens (including phenoxy) is 1. The summed E-state index contributed by atoms with van der Waals surface area (Å²) >= 11 is 0. The number of allylic oxidation sites excluding steroid dienone is 8. The zero-order valence-electron chi connectivity index (χ0n) is 27.5. The normalized spacial score (nSPS) is 21.9. The minimum Gasteiger partial charge on any atom is -0.454 e. The Labute approximate surface area is 268 Å². The Hall–Kier alpha value is -2.29. The highest BCUT2D eigenvalue weighted by molar-refractivity contribution is 8.76. The fraction of sp³-hybridized carbons (Fsp3) is 0.571. The number of esters is 1. The predicted molar refractivity (Wildman–Crippen MR) is 184 cm³/mol. The molecule has 1 heterocycles. The van der Waals surface area contributed by atoms with E-state index in [1.165, 1.54) is 6.08 Å². The van der Waals surface area contributed by atoms with Gasteiger partial charge in [0.05, 0.1) is 6.10 Å². The number of hydrogen-bond acceptors (Lipinski definition) is 7. The summed E-state index contributed by atoms with van der Waals surface area (Å²) in [7, 11) is 3.37. The van der Waals surface area contributed by atoms with Gasteiger partial charge in [-0.3, -0.25) is 9.59 Å². The lowest BCUT2D eigenvalue weighted by molar-refractivity contribution is -0.143. The molecule has 1 aliphatic heterocycles. The van der Waals surface area contributed by atoms with Crippen LogP contribution in [0.15, 0.2) is 71.4 Å². The molecule has 0 bridgehead atoms. The molecule has 0 saturated carbocycles. The molecule has 8 heteroatoms. The lowest BCUT2D eigenvalue weighted by Crippen LogP contribution is -2.34. The summed E-state index contributed by atoms with van der Waals surface area (Å²) in [5, 5.41) is 13.8. The first-order valence-corrected chi connectivity index (χ1v) is 17.9. The Morgan fingerprint density at radius 3 is 2.44 bits per heavy atom. The van der Waals surface area contributed by atoms with Crippen molar-refractivity contribution in [3.8, 4) is 0 Å². The van der Waals surface area contributed by atoms with E-state index >= 15 is 0 Å². The number of hydrogen-bond donors (Lipinski definition) is 2. The maximum Gasteiger partial charge on any atom is 0.331 e. The van der Waals surface area contributed by atoms with Crippen LogP contribution >= 0.6 is 21.6 Å². The Morgan fingerprint density at radius 1 is 1.09 bits per heavy atom. The summed E-state index contributed by atoms with van der Waals surface area (Å²) in [6.07, 6.45) is 19.6. The van der Waals surface area contributed by atoms with Gasteiger partial charge < -0.3 is 15.2 Å². The van der Waals surface area contributed by atoms with E-state index in [-0.39, 0.29) is 41.5 Å². The average Bonchev–Trinajstić information content (AvgIpc) is 2.94. The number of carbonyl (C=O) groups excluding carboxylic acids is 3. The van der Waals surface area contributed by atoms with Crippen LogP contribution in [-0.4, -0.2) is 53.5 Å². The molecule has 0 aromatic rings. The van der Waals surface area contributed by atoms with Crippen LogP contribution in [0.1, 0.15) is 68.2 Å². The third-order valence-electron chi connectivity index (χ3n) is 7.42. The molecular weight excluding hydrogens is 579 g/mol. The summed E-state index contributed by atoms with van der Waals surface area (Å²) in [6, 6.07) is 0. The second-order valence-electron chi connectivity index (χ2n) is 11.8. The maximum atomic E-state index is 13.1. The molecular formula is C35H53NO5S2. The van der Waals surface area contributed by atoms with E-state index < -0.39 is 12.0 Å². The standard InChI is InChI=1S/C35H53NO5S2/c1-23(19-25(3)13-15-31-27(5)14-16-33(38)41-31)11-10-12-24(2)20-28(6)34(39)30(8)35(40)29(7)21-26(4)22-32(37)36-17-18-43-42-9/h10,12-16,19-20,22-23,27-31,35,40H,11,17-18,21H2,1-9H3,(H,36,37)/b12-10+,15-13+,24-20+,25-19-,26-22+/t23-,27+,28-,29+,30-,31+,35-/m1/s1. The van der Waals surface area contributed by atoms with Gasteiger partial charge in [0.2, 0.25) is 5.91 Å². The van der Waals surface area contributed by atoms with Gasteiger partial charge in [0.1, 0.15) is 11.9 Å². The van der Waals surface area contributed by atoms with Gasteiger partial charge in [-0.15, -0.1) is 0 Å². The molecule has 1 amide bonds. The quantitative estimate of drug-likeness (QED) is 0.0534. The molecule has 0 unspecified atom stereocenters. The van der Waals surface area contributed by atoms with Crippen LogP contribution in [0.3, 0.4) is 0 Å². The van der Waals surface area contributed by atoms with Gasteiger partial charge in [0.25, 0.3) is 0 Å². The Morgan fingerprint density at radius 2 is 1.77 bits per heavy atom. The first-order chi connectivity index (χ1) is 20.2. The van der Waals surface area contributed by atoms with Gasteiger partial charge in [-0.2, -0.15) is 0 Å². The first kappa shape index (κ1) is 38.7. The molecule has 7 atom stereocenters. The average molecular weight is 632 g/mol. The van der Waals surface area contributed by atoms with Crippen molar-refractivity contribution in [2.24, 2.45) is 29.6 Å². The highest BCUT2D eigenvalue weighted by Crippen LogP contribution is 2.24. The van der Waals surface area contributed by atoms with E-state index in [9.17, 15) is 19.5 Å². The van der Waals surface area contributed by atoms with Gasteiger partial charge in [-0.05, 0) is 57.8 Å². The molecule has 0 aromatic heterocycles. The molecule has 0 radical (unpaired) electrons. The molecule has 1 aliphatic rings. The van der Waals surface area contributed by atoms with E-state index in [0.29, 0.717) is 18.9 Å². The van der Waals surface area contributed by atoms with E-state index in [1.54, 1.807) is 34.6 Å². The van der Waals surface area contributed by atoms with Crippen molar-refractivity contribution in [3.63, 3.8) is 0 Å². The second-order valence-corrected chi connectivity index (χ2v) is 14.5. The third-order valence-corrected chi connectivity index (χ3v) is 9.23. The van der Waals surface area contributed by atoms with E-state index in [0.717, 1.165) is 28.9 Å². The number of cyclic esters (lactones) is 1. The van der Waals surface area contributed by atoms with Crippen molar-refractivity contribution in [1.29, 1.82) is 0 Å². The molecule has 0 saturated heterocycles. The predicted octanol–water partition coefficient (Wildman–Crippen LogP) is 7.44. The number of rotatable bonds is 18. The largest absolute Gasteiger partial charge is 0.454 e. The summed E-state index contributed by atoms with van der Waals surface area (Å²) in [5.74, 6) is -0.0817. The third kappa shape index (κ3) is 15.8. The summed E-state index contributed by atoms with van der Waals surface area (Å²) in [6.45, 7) is 16.3. The molecule has 1 rings (SSSR count). The topological polar surface area (TPSA) is 92.7 Å². The minimum absolute atomic E-state index is 0.00457. The number of ketones is 1. The minimum atomic E-state index is -0.793. The molecule has 0 fully saturated rings. The van der Waals surface area contributed by atoms with E-state index in [2.05, 4.69) is 24.4 Å². The smallest absolute Gasteiger partial charge is 0.331 e. The highest BCUT2D eigenvalue weighted by Gasteiger charge is 2.29. The Balaban J connectivity index is 2.60. The molecule has 43 heavy (non-hydrogen) atoms. The van der Waals surface area contributed by atoms with Crippen LogP contribution in [0.5, 0.6) is 0 Å². The van der Waals surface area contributed by atoms with Crippen molar-refractivity contribution >= 4 is 39.2 Å².